The van der Waals surface area contributed by atoms with E-state index in [1.165, 1.54) is 0 Å². The Kier molecular flexibility index (Phi) is 10.9. The van der Waals surface area contributed by atoms with E-state index < -0.39 is 0 Å². The van der Waals surface area contributed by atoms with Gasteiger partial charge in [-0.25, -0.2) is 0 Å². The van der Waals surface area contributed by atoms with Gasteiger partial charge in [-0.1, -0.05) is 19.7 Å². The van der Waals surface area contributed by atoms with Crippen LogP contribution in [0.5, 0.6) is 0 Å². The van der Waals surface area contributed by atoms with Crippen LogP contribution in [0.15, 0.2) is 36.8 Å². The molecule has 0 aliphatic heterocycles. The van der Waals surface area contributed by atoms with Gasteiger partial charge in [-0.05, 0) is 0 Å². The van der Waals surface area contributed by atoms with E-state index in [0.717, 1.165) is 0 Å². The summed E-state index contributed by atoms with van der Waals surface area (Å²) in [6, 6.07) is 0. The molecular formula is C18H30N4O3. The lowest BCUT2D eigenvalue weighted by atomic mass is 10.1. The van der Waals surface area contributed by atoms with Gasteiger partial charge in [0.15, 0.2) is 17.3 Å². The summed E-state index contributed by atoms with van der Waals surface area (Å²) in [6.07, 6.45) is 0.798. The molecule has 0 aliphatic carbocycles. The molecule has 0 atom stereocenters. The Morgan fingerprint density at radius 3 is 1.08 bits per heavy atom. The third-order valence-corrected chi connectivity index (χ3v) is 3.88. The van der Waals surface area contributed by atoms with Crippen LogP contribution in [-0.4, -0.2) is 63.0 Å². The molecule has 0 rings (SSSR count). The third-order valence-electron chi connectivity index (χ3n) is 3.88. The highest BCUT2D eigenvalue weighted by Crippen LogP contribution is 2.04. The first-order valence-electron chi connectivity index (χ1n) is 8.18. The largest absolute Gasteiger partial charge is 0.386 e. The smallest absolute Gasteiger partial charge is 0.179 e. The van der Waals surface area contributed by atoms with Gasteiger partial charge in [0, 0.05) is 60.0 Å². The Bertz CT molecular complexity index is 464. The van der Waals surface area contributed by atoms with Crippen molar-refractivity contribution in [1.29, 1.82) is 0 Å². The first kappa shape index (κ1) is 22.6. The van der Waals surface area contributed by atoms with Crippen LogP contribution >= 0.6 is 0 Å². The van der Waals surface area contributed by atoms with Crippen LogP contribution in [0.1, 0.15) is 19.3 Å². The normalized spacial score (nSPS) is 10.1. The molecule has 0 saturated carbocycles. The number of ketones is 3. The molecule has 0 bridgehead atoms. The number of nitrogens with zero attached hydrogens (tertiary/aromatic N) is 1. The van der Waals surface area contributed by atoms with Crippen molar-refractivity contribution in [3.05, 3.63) is 36.8 Å². The number of carbonyl (C=O) groups excluding carboxylic acids is 3. The summed E-state index contributed by atoms with van der Waals surface area (Å²) < 4.78 is 0. The maximum absolute atomic E-state index is 11.9. The molecule has 25 heavy (non-hydrogen) atoms. The fourth-order valence-electron chi connectivity index (χ4n) is 1.99. The number of nitrogens with one attached hydrogen (secondary N) is 3. The molecule has 0 aliphatic rings. The zero-order valence-corrected chi connectivity index (χ0v) is 15.5. The van der Waals surface area contributed by atoms with Crippen LogP contribution < -0.4 is 16.0 Å². The fraction of sp³-hybridized carbons (Fsp3) is 0.500. The number of hydrogen-bond acceptors (Lipinski definition) is 7. The van der Waals surface area contributed by atoms with Gasteiger partial charge in [0.25, 0.3) is 0 Å². The second-order valence-electron chi connectivity index (χ2n) is 5.55. The van der Waals surface area contributed by atoms with Crippen LogP contribution in [0, 0.1) is 0 Å². The summed E-state index contributed by atoms with van der Waals surface area (Å²) in [5, 5.41) is 8.17. The van der Waals surface area contributed by atoms with Gasteiger partial charge >= 0.3 is 0 Å². The topological polar surface area (TPSA) is 90.5 Å². The van der Waals surface area contributed by atoms with E-state index in [0.29, 0.717) is 36.7 Å². The predicted octanol–water partition coefficient (Wildman–Crippen LogP) is 0.365. The number of Topliss-reactive ketones (excluding diaryl/α,β-unsaturated/α-hetero) is 3. The van der Waals surface area contributed by atoms with E-state index in [4.69, 9.17) is 0 Å². The summed E-state index contributed by atoms with van der Waals surface area (Å²) in [7, 11) is 4.92. The highest BCUT2D eigenvalue weighted by Gasteiger charge is 2.15. The van der Waals surface area contributed by atoms with E-state index in [2.05, 4.69) is 35.7 Å². The molecule has 0 heterocycles. The highest BCUT2D eigenvalue weighted by atomic mass is 16.1. The fourth-order valence-corrected chi connectivity index (χ4v) is 1.99. The number of likely N-dealkylation sites (N-methyl/N-ethyl adjacent to an activating group) is 3. The molecule has 0 radical (unpaired) electrons. The maximum atomic E-state index is 11.9. The Morgan fingerprint density at radius 1 is 0.640 bits per heavy atom. The van der Waals surface area contributed by atoms with E-state index in [9.17, 15) is 14.4 Å². The van der Waals surface area contributed by atoms with E-state index in [1.807, 2.05) is 4.90 Å². The highest BCUT2D eigenvalue weighted by molar-refractivity contribution is 5.95. The van der Waals surface area contributed by atoms with Crippen molar-refractivity contribution < 1.29 is 14.4 Å². The minimum Gasteiger partial charge on any atom is -0.386 e. The van der Waals surface area contributed by atoms with E-state index in [1.54, 1.807) is 21.1 Å². The zero-order chi connectivity index (χ0) is 19.4. The first-order valence-corrected chi connectivity index (χ1v) is 8.18. The standard InChI is InChI=1S/C18H30N4O3/c1-13(19-4)16(23)7-10-22(11-8-17(24)14(2)20-5)12-9-18(25)15(3)21-6/h19-21H,1-3,7-12H2,4-6H3. The van der Waals surface area contributed by atoms with Gasteiger partial charge in [0.05, 0.1) is 17.1 Å². The Balaban J connectivity index is 4.69. The molecule has 0 fully saturated rings. The van der Waals surface area contributed by atoms with E-state index >= 15 is 0 Å². The van der Waals surface area contributed by atoms with Gasteiger partial charge in [-0.15, -0.1) is 0 Å². The van der Waals surface area contributed by atoms with Crippen LogP contribution in [0.3, 0.4) is 0 Å². The van der Waals surface area contributed by atoms with Crippen molar-refractivity contribution in [2.24, 2.45) is 0 Å². The number of rotatable bonds is 15. The average Bonchev–Trinajstić information content (AvgIpc) is 2.63. The minimum atomic E-state index is -0.0931. The molecule has 7 nitrogen and oxygen atoms in total. The maximum Gasteiger partial charge on any atom is 0.179 e. The lowest BCUT2D eigenvalue weighted by Crippen LogP contribution is -2.33. The summed E-state index contributed by atoms with van der Waals surface area (Å²) >= 11 is 0. The summed E-state index contributed by atoms with van der Waals surface area (Å²) in [5.74, 6) is -0.279. The van der Waals surface area contributed by atoms with Gasteiger partial charge in [-0.3, -0.25) is 14.4 Å². The molecule has 0 aromatic carbocycles. The minimum absolute atomic E-state index is 0.0931. The van der Waals surface area contributed by atoms with Crippen molar-refractivity contribution in [3.63, 3.8) is 0 Å². The Labute approximate surface area is 150 Å². The molecule has 0 spiro atoms. The molecule has 3 N–H and O–H groups in total. The predicted molar refractivity (Wildman–Crippen MR) is 99.9 cm³/mol. The summed E-state index contributed by atoms with van der Waals surface area (Å²) in [4.78, 5) is 37.6. The summed E-state index contributed by atoms with van der Waals surface area (Å²) in [5.41, 5.74) is 1.04. The molecule has 0 saturated heterocycles. The molecule has 7 heteroatoms. The summed E-state index contributed by atoms with van der Waals surface area (Å²) in [6.45, 7) is 12.3. The number of hydrogen-bond donors (Lipinski definition) is 3. The van der Waals surface area contributed by atoms with Crippen LogP contribution in [-0.2, 0) is 14.4 Å². The van der Waals surface area contributed by atoms with Crippen molar-refractivity contribution in [3.8, 4) is 0 Å². The van der Waals surface area contributed by atoms with Gasteiger partial charge in [0.2, 0.25) is 0 Å². The Morgan fingerprint density at radius 2 is 0.880 bits per heavy atom. The Hall–Kier alpha value is -2.41. The van der Waals surface area contributed by atoms with E-state index in [-0.39, 0.29) is 36.6 Å². The van der Waals surface area contributed by atoms with Gasteiger partial charge in [-0.2, -0.15) is 0 Å². The molecule has 0 unspecified atom stereocenters. The molecular weight excluding hydrogens is 320 g/mol. The number of allylic oxidation sites excluding steroid dienone is 3. The second-order valence-corrected chi connectivity index (χ2v) is 5.55. The second kappa shape index (κ2) is 12.0. The van der Waals surface area contributed by atoms with Crippen LogP contribution in [0.25, 0.3) is 0 Å². The average molecular weight is 350 g/mol. The van der Waals surface area contributed by atoms with Crippen molar-refractivity contribution >= 4 is 17.3 Å². The van der Waals surface area contributed by atoms with Crippen molar-refractivity contribution in [2.45, 2.75) is 19.3 Å². The molecule has 0 amide bonds. The zero-order valence-electron chi connectivity index (χ0n) is 15.5. The lowest BCUT2D eigenvalue weighted by Gasteiger charge is -2.22. The molecule has 0 aromatic rings. The van der Waals surface area contributed by atoms with Crippen LogP contribution in [0.4, 0.5) is 0 Å². The molecule has 0 aromatic heterocycles. The lowest BCUT2D eigenvalue weighted by molar-refractivity contribution is -0.116. The SMILES string of the molecule is C=C(NC)C(=O)CCN(CCC(=O)C(=C)NC)CCC(=O)C(=C)NC. The van der Waals surface area contributed by atoms with Gasteiger partial charge in [0.1, 0.15) is 0 Å². The quantitative estimate of drug-likeness (QED) is 0.368. The monoisotopic (exact) mass is 350 g/mol. The van der Waals surface area contributed by atoms with Gasteiger partial charge < -0.3 is 20.9 Å². The third kappa shape index (κ3) is 8.85. The van der Waals surface area contributed by atoms with Crippen molar-refractivity contribution in [1.82, 2.24) is 20.9 Å². The van der Waals surface area contributed by atoms with Crippen molar-refractivity contribution in [2.75, 3.05) is 40.8 Å². The molecule has 140 valence electrons. The number of carbonyl (C=O) groups is 3. The first-order chi connectivity index (χ1) is 11.8. The van der Waals surface area contributed by atoms with Crippen LogP contribution in [0.2, 0.25) is 0 Å².